The highest BCUT2D eigenvalue weighted by Gasteiger charge is 2.15. The van der Waals surface area contributed by atoms with Crippen molar-refractivity contribution in [2.45, 2.75) is 13.0 Å². The third-order valence-electron chi connectivity index (χ3n) is 3.79. The number of hydrogen-bond donors (Lipinski definition) is 2. The molecular weight excluding hydrogens is 334 g/mol. The summed E-state index contributed by atoms with van der Waals surface area (Å²) < 4.78 is 12.5. The van der Waals surface area contributed by atoms with Gasteiger partial charge in [0.25, 0.3) is 0 Å². The number of amides is 2. The van der Waals surface area contributed by atoms with Crippen LogP contribution < -0.4 is 20.1 Å². The number of hydrogen-bond acceptors (Lipinski definition) is 5. The second-order valence-electron chi connectivity index (χ2n) is 5.63. The number of rotatable bonds is 7. The van der Waals surface area contributed by atoms with Gasteiger partial charge in [-0.1, -0.05) is 6.07 Å². The second-order valence-corrected chi connectivity index (χ2v) is 5.63. The molecule has 0 aliphatic rings. The molecule has 2 N–H and O–H groups in total. The number of methoxy groups -OCH3 is 1. The van der Waals surface area contributed by atoms with E-state index in [2.05, 4.69) is 20.8 Å². The zero-order chi connectivity index (χ0) is 18.4. The van der Waals surface area contributed by atoms with Gasteiger partial charge in [0.2, 0.25) is 0 Å². The molecule has 0 saturated heterocycles. The number of carbonyl (C=O) groups excluding carboxylic acids is 1. The first kappa shape index (κ1) is 17.5. The first-order valence-corrected chi connectivity index (χ1v) is 8.28. The molecule has 0 fully saturated rings. The summed E-state index contributed by atoms with van der Waals surface area (Å²) >= 11 is 0. The first-order valence-electron chi connectivity index (χ1n) is 8.28. The number of pyridine rings is 1. The SMILES string of the molecule is COc1ccc(OCCNC(=O)NC(C)c2nnc3ccccn23)cc1. The Labute approximate surface area is 151 Å². The molecule has 0 aliphatic carbocycles. The molecule has 8 nitrogen and oxygen atoms in total. The van der Waals surface area contributed by atoms with Gasteiger partial charge in [0.15, 0.2) is 11.5 Å². The Hall–Kier alpha value is -3.29. The number of benzene rings is 1. The van der Waals surface area contributed by atoms with Crippen LogP contribution in [0.2, 0.25) is 0 Å². The summed E-state index contributed by atoms with van der Waals surface area (Å²) in [7, 11) is 1.61. The van der Waals surface area contributed by atoms with Gasteiger partial charge >= 0.3 is 6.03 Å². The molecule has 0 radical (unpaired) electrons. The van der Waals surface area contributed by atoms with Gasteiger partial charge < -0.3 is 20.1 Å². The van der Waals surface area contributed by atoms with Crippen molar-refractivity contribution in [3.05, 3.63) is 54.5 Å². The Kier molecular flexibility index (Phi) is 5.52. The number of nitrogens with one attached hydrogen (secondary N) is 2. The van der Waals surface area contributed by atoms with E-state index in [-0.39, 0.29) is 12.1 Å². The summed E-state index contributed by atoms with van der Waals surface area (Å²) in [6.07, 6.45) is 1.86. The summed E-state index contributed by atoms with van der Waals surface area (Å²) in [6, 6.07) is 12.3. The van der Waals surface area contributed by atoms with E-state index in [0.717, 1.165) is 17.1 Å². The van der Waals surface area contributed by atoms with Crippen LogP contribution in [0.1, 0.15) is 18.8 Å². The average Bonchev–Trinajstić information content (AvgIpc) is 3.10. The Bertz CT molecular complexity index is 863. The van der Waals surface area contributed by atoms with Crippen LogP contribution in [0.25, 0.3) is 5.65 Å². The molecule has 0 bridgehead atoms. The minimum absolute atomic E-state index is 0.282. The predicted molar refractivity (Wildman–Crippen MR) is 96.4 cm³/mol. The molecule has 2 heterocycles. The molecule has 0 aliphatic heterocycles. The smallest absolute Gasteiger partial charge is 0.315 e. The van der Waals surface area contributed by atoms with Crippen LogP contribution in [-0.4, -0.2) is 40.9 Å². The Morgan fingerprint density at radius 2 is 1.92 bits per heavy atom. The number of carbonyl (C=O) groups is 1. The maximum atomic E-state index is 12.0. The van der Waals surface area contributed by atoms with Crippen molar-refractivity contribution in [1.29, 1.82) is 0 Å². The van der Waals surface area contributed by atoms with Crippen LogP contribution in [-0.2, 0) is 0 Å². The minimum atomic E-state index is -0.288. The van der Waals surface area contributed by atoms with Crippen molar-refractivity contribution < 1.29 is 14.3 Å². The molecule has 0 spiro atoms. The van der Waals surface area contributed by atoms with Crippen molar-refractivity contribution in [2.24, 2.45) is 0 Å². The van der Waals surface area contributed by atoms with Gasteiger partial charge in [-0.15, -0.1) is 10.2 Å². The van der Waals surface area contributed by atoms with Gasteiger partial charge in [0.05, 0.1) is 19.7 Å². The topological polar surface area (TPSA) is 89.8 Å². The minimum Gasteiger partial charge on any atom is -0.497 e. The average molecular weight is 355 g/mol. The summed E-state index contributed by atoms with van der Waals surface area (Å²) in [6.45, 7) is 2.60. The highest BCUT2D eigenvalue weighted by Crippen LogP contribution is 2.16. The number of fused-ring (bicyclic) bond motifs is 1. The van der Waals surface area contributed by atoms with E-state index in [0.29, 0.717) is 19.0 Å². The lowest BCUT2D eigenvalue weighted by atomic mass is 10.3. The first-order chi connectivity index (χ1) is 12.7. The number of ether oxygens (including phenoxy) is 2. The van der Waals surface area contributed by atoms with Crippen LogP contribution in [0.15, 0.2) is 48.7 Å². The van der Waals surface area contributed by atoms with Gasteiger partial charge in [-0.05, 0) is 43.3 Å². The van der Waals surface area contributed by atoms with E-state index in [4.69, 9.17) is 9.47 Å². The van der Waals surface area contributed by atoms with Gasteiger partial charge in [-0.3, -0.25) is 4.40 Å². The van der Waals surface area contributed by atoms with Crippen LogP contribution >= 0.6 is 0 Å². The third kappa shape index (κ3) is 4.21. The zero-order valence-corrected chi connectivity index (χ0v) is 14.7. The van der Waals surface area contributed by atoms with Crippen molar-refractivity contribution in [1.82, 2.24) is 25.2 Å². The monoisotopic (exact) mass is 355 g/mol. The standard InChI is InChI=1S/C18H21N5O3/c1-13(17-22-21-16-5-3-4-11-23(16)17)20-18(24)19-10-12-26-15-8-6-14(25-2)7-9-15/h3-9,11,13H,10,12H2,1-2H3,(H2,19,20,24). The molecule has 0 saturated carbocycles. The van der Waals surface area contributed by atoms with E-state index in [1.54, 1.807) is 7.11 Å². The molecule has 1 atom stereocenters. The number of nitrogens with zero attached hydrogens (tertiary/aromatic N) is 3. The van der Waals surface area contributed by atoms with E-state index < -0.39 is 0 Å². The number of aromatic nitrogens is 3. The number of urea groups is 1. The lowest BCUT2D eigenvalue weighted by Gasteiger charge is -2.13. The van der Waals surface area contributed by atoms with Crippen molar-refractivity contribution in [2.75, 3.05) is 20.3 Å². The fraction of sp³-hybridized carbons (Fsp3) is 0.278. The normalized spacial score (nSPS) is 11.8. The van der Waals surface area contributed by atoms with Crippen LogP contribution in [0, 0.1) is 0 Å². The van der Waals surface area contributed by atoms with E-state index in [9.17, 15) is 4.79 Å². The summed E-state index contributed by atoms with van der Waals surface area (Å²) in [5.74, 6) is 2.16. The quantitative estimate of drug-likeness (QED) is 0.634. The van der Waals surface area contributed by atoms with Crippen LogP contribution in [0.5, 0.6) is 11.5 Å². The van der Waals surface area contributed by atoms with E-state index >= 15 is 0 Å². The van der Waals surface area contributed by atoms with Crippen molar-refractivity contribution in [3.8, 4) is 11.5 Å². The fourth-order valence-corrected chi connectivity index (χ4v) is 2.47. The summed E-state index contributed by atoms with van der Waals surface area (Å²) in [4.78, 5) is 12.0. The van der Waals surface area contributed by atoms with E-state index in [1.165, 1.54) is 0 Å². The molecule has 26 heavy (non-hydrogen) atoms. The fourth-order valence-electron chi connectivity index (χ4n) is 2.47. The van der Waals surface area contributed by atoms with Crippen LogP contribution in [0.3, 0.4) is 0 Å². The third-order valence-corrected chi connectivity index (χ3v) is 3.79. The second kappa shape index (κ2) is 8.19. The predicted octanol–water partition coefficient (Wildman–Crippen LogP) is 2.18. The van der Waals surface area contributed by atoms with Gasteiger partial charge in [0.1, 0.15) is 18.1 Å². The summed E-state index contributed by atoms with van der Waals surface area (Å²) in [5, 5.41) is 13.8. The Morgan fingerprint density at radius 3 is 2.69 bits per heavy atom. The lowest BCUT2D eigenvalue weighted by molar-refractivity contribution is 0.233. The molecule has 3 aromatic rings. The van der Waals surface area contributed by atoms with Gasteiger partial charge in [-0.2, -0.15) is 0 Å². The highest BCUT2D eigenvalue weighted by atomic mass is 16.5. The zero-order valence-electron chi connectivity index (χ0n) is 14.7. The molecule has 3 rings (SSSR count). The molecule has 1 unspecified atom stereocenters. The Morgan fingerprint density at radius 1 is 1.15 bits per heavy atom. The van der Waals surface area contributed by atoms with Gasteiger partial charge in [-0.25, -0.2) is 4.79 Å². The maximum Gasteiger partial charge on any atom is 0.315 e. The molecule has 136 valence electrons. The highest BCUT2D eigenvalue weighted by molar-refractivity contribution is 5.74. The molecule has 8 heteroatoms. The Balaban J connectivity index is 1.43. The largest absolute Gasteiger partial charge is 0.497 e. The lowest BCUT2D eigenvalue weighted by Crippen LogP contribution is -2.39. The van der Waals surface area contributed by atoms with E-state index in [1.807, 2.05) is 60.0 Å². The molecule has 1 aromatic carbocycles. The molecule has 2 aromatic heterocycles. The summed E-state index contributed by atoms with van der Waals surface area (Å²) in [5.41, 5.74) is 0.740. The molecular formula is C18H21N5O3. The maximum absolute atomic E-state index is 12.0. The van der Waals surface area contributed by atoms with Crippen LogP contribution in [0.4, 0.5) is 4.79 Å². The van der Waals surface area contributed by atoms with Crippen molar-refractivity contribution in [3.63, 3.8) is 0 Å². The van der Waals surface area contributed by atoms with Crippen molar-refractivity contribution >= 4 is 11.7 Å². The van der Waals surface area contributed by atoms with Gasteiger partial charge in [0, 0.05) is 6.20 Å². The molecule has 2 amide bonds.